The molecule has 0 unspecified atom stereocenters. The molecule has 1 saturated carbocycles. The zero-order valence-corrected chi connectivity index (χ0v) is 15.0. The van der Waals surface area contributed by atoms with E-state index in [1.807, 2.05) is 32.0 Å². The number of hydrogen-bond donors (Lipinski definition) is 1. The predicted molar refractivity (Wildman–Crippen MR) is 91.4 cm³/mol. The number of amides is 1. The van der Waals surface area contributed by atoms with Crippen LogP contribution in [0.1, 0.15) is 47.7 Å². The van der Waals surface area contributed by atoms with Gasteiger partial charge in [-0.2, -0.15) is 5.10 Å². The first-order chi connectivity index (χ1) is 11.4. The lowest BCUT2D eigenvalue weighted by Gasteiger charge is -2.12. The molecule has 1 heterocycles. The highest BCUT2D eigenvalue weighted by Crippen LogP contribution is 2.45. The Kier molecular flexibility index (Phi) is 4.71. The van der Waals surface area contributed by atoms with Gasteiger partial charge in [-0.25, -0.2) is 8.78 Å². The van der Waals surface area contributed by atoms with Crippen LogP contribution in [0, 0.1) is 13.8 Å². The summed E-state index contributed by atoms with van der Waals surface area (Å²) in [6, 6.07) is 5.75. The van der Waals surface area contributed by atoms with Gasteiger partial charge >= 0.3 is 0 Å². The van der Waals surface area contributed by atoms with Gasteiger partial charge in [0, 0.05) is 11.6 Å². The molecule has 0 saturated heterocycles. The summed E-state index contributed by atoms with van der Waals surface area (Å²) in [6.45, 7) is 3.75. The summed E-state index contributed by atoms with van der Waals surface area (Å²) in [5, 5.41) is 6.82. The predicted octanol–water partition coefficient (Wildman–Crippen LogP) is 4.72. The molecule has 1 N–H and O–H groups in total. The summed E-state index contributed by atoms with van der Waals surface area (Å²) in [5.41, 5.74) is 3.08. The zero-order valence-electron chi connectivity index (χ0n) is 13.4. The van der Waals surface area contributed by atoms with E-state index < -0.39 is 6.43 Å². The summed E-state index contributed by atoms with van der Waals surface area (Å²) in [6.07, 6.45) is -0.795. The minimum atomic E-state index is -2.67. The van der Waals surface area contributed by atoms with Crippen molar-refractivity contribution in [2.45, 2.75) is 45.6 Å². The Morgan fingerprint density at radius 3 is 2.54 bits per heavy atom. The Bertz CT molecular complexity index is 764. The van der Waals surface area contributed by atoms with Crippen molar-refractivity contribution < 1.29 is 13.6 Å². The molecule has 1 aromatic heterocycles. The number of nitrogens with zero attached hydrogens (tertiary/aromatic N) is 2. The number of hydrogen-bond acceptors (Lipinski definition) is 2. The number of aryl methyl sites for hydroxylation is 2. The van der Waals surface area contributed by atoms with Crippen molar-refractivity contribution in [2.24, 2.45) is 0 Å². The third-order valence-electron chi connectivity index (χ3n) is 4.17. The fourth-order valence-electron chi connectivity index (χ4n) is 2.81. The molecule has 1 aliphatic carbocycles. The molecule has 0 atom stereocenters. The van der Waals surface area contributed by atoms with Gasteiger partial charge in [-0.1, -0.05) is 18.2 Å². The van der Waals surface area contributed by atoms with E-state index in [0.29, 0.717) is 10.2 Å². The van der Waals surface area contributed by atoms with Gasteiger partial charge in [0.05, 0.1) is 10.2 Å². The minimum Gasteiger partial charge on any atom is -0.324 e. The average molecular weight is 398 g/mol. The van der Waals surface area contributed by atoms with Gasteiger partial charge in [-0.3, -0.25) is 9.48 Å². The van der Waals surface area contributed by atoms with E-state index in [2.05, 4.69) is 26.3 Å². The fourth-order valence-corrected chi connectivity index (χ4v) is 3.59. The van der Waals surface area contributed by atoms with Gasteiger partial charge in [0.15, 0.2) is 0 Å². The van der Waals surface area contributed by atoms with Gasteiger partial charge < -0.3 is 5.32 Å². The van der Waals surface area contributed by atoms with Crippen molar-refractivity contribution in [1.29, 1.82) is 0 Å². The van der Waals surface area contributed by atoms with Crippen LogP contribution in [0.2, 0.25) is 0 Å². The summed E-state index contributed by atoms with van der Waals surface area (Å²) in [4.78, 5) is 12.4. The second-order valence-electron chi connectivity index (χ2n) is 6.13. The van der Waals surface area contributed by atoms with Crippen molar-refractivity contribution in [3.8, 4) is 0 Å². The van der Waals surface area contributed by atoms with Gasteiger partial charge in [0.1, 0.15) is 12.2 Å². The molecular weight excluding hydrogens is 380 g/mol. The smallest absolute Gasteiger partial charge is 0.283 e. The van der Waals surface area contributed by atoms with Crippen LogP contribution in [-0.4, -0.2) is 15.7 Å². The van der Waals surface area contributed by atoms with Crippen molar-refractivity contribution >= 4 is 27.5 Å². The van der Waals surface area contributed by atoms with Crippen LogP contribution in [0.3, 0.4) is 0 Å². The lowest BCUT2D eigenvalue weighted by atomic mass is 10.1. The summed E-state index contributed by atoms with van der Waals surface area (Å²) in [5.74, 6) is -0.0718. The maximum atomic E-state index is 13.1. The second kappa shape index (κ2) is 6.63. The molecule has 1 aromatic carbocycles. The molecule has 7 heteroatoms. The largest absolute Gasteiger partial charge is 0.324 e. The number of halogens is 3. The van der Waals surface area contributed by atoms with E-state index in [1.165, 1.54) is 4.68 Å². The van der Waals surface area contributed by atoms with Crippen molar-refractivity contribution in [1.82, 2.24) is 9.78 Å². The number of benzene rings is 1. The van der Waals surface area contributed by atoms with Gasteiger partial charge in [0.2, 0.25) is 5.91 Å². The van der Waals surface area contributed by atoms with Gasteiger partial charge in [0.25, 0.3) is 6.43 Å². The lowest BCUT2D eigenvalue weighted by Crippen LogP contribution is -2.21. The standard InChI is InChI=1S/C17H18BrF2N3O/c1-9-4-3-5-10(2)14(9)21-12(24)8-23-16(11-6-7-11)13(18)15(22-23)17(19)20/h3-5,11,17H,6-8H2,1-2H3,(H,21,24). The van der Waals surface area contributed by atoms with E-state index >= 15 is 0 Å². The van der Waals surface area contributed by atoms with Crippen molar-refractivity contribution in [3.05, 3.63) is 45.2 Å². The molecule has 24 heavy (non-hydrogen) atoms. The summed E-state index contributed by atoms with van der Waals surface area (Å²) in [7, 11) is 0. The van der Waals surface area contributed by atoms with E-state index in [9.17, 15) is 13.6 Å². The second-order valence-corrected chi connectivity index (χ2v) is 6.93. The number of rotatable bonds is 5. The van der Waals surface area contributed by atoms with Crippen LogP contribution in [0.4, 0.5) is 14.5 Å². The van der Waals surface area contributed by atoms with Gasteiger partial charge in [-0.15, -0.1) is 0 Å². The normalized spacial score (nSPS) is 14.2. The van der Waals surface area contributed by atoms with E-state index in [4.69, 9.17) is 0 Å². The number of carbonyl (C=O) groups excluding carboxylic acids is 1. The third kappa shape index (κ3) is 3.36. The Morgan fingerprint density at radius 2 is 2.00 bits per heavy atom. The molecule has 1 aliphatic rings. The Labute approximate surface area is 147 Å². The highest BCUT2D eigenvalue weighted by molar-refractivity contribution is 9.10. The lowest BCUT2D eigenvalue weighted by molar-refractivity contribution is -0.117. The van der Waals surface area contributed by atoms with E-state index in [-0.39, 0.29) is 24.1 Å². The zero-order chi connectivity index (χ0) is 17.4. The molecule has 0 spiro atoms. The molecule has 0 aliphatic heterocycles. The highest BCUT2D eigenvalue weighted by atomic mass is 79.9. The molecular formula is C17H18BrF2N3O. The first kappa shape index (κ1) is 17.1. The highest BCUT2D eigenvalue weighted by Gasteiger charge is 2.34. The quantitative estimate of drug-likeness (QED) is 0.793. The van der Waals surface area contributed by atoms with Gasteiger partial charge in [-0.05, 0) is 53.7 Å². The molecule has 3 rings (SSSR count). The van der Waals surface area contributed by atoms with Crippen LogP contribution in [0.15, 0.2) is 22.7 Å². The van der Waals surface area contributed by atoms with Crippen LogP contribution in [0.5, 0.6) is 0 Å². The topological polar surface area (TPSA) is 46.9 Å². The molecule has 0 bridgehead atoms. The number of aromatic nitrogens is 2. The molecule has 1 amide bonds. The number of para-hydroxylation sites is 1. The van der Waals surface area contributed by atoms with Crippen molar-refractivity contribution in [2.75, 3.05) is 5.32 Å². The van der Waals surface area contributed by atoms with E-state index in [1.54, 1.807) is 0 Å². The monoisotopic (exact) mass is 397 g/mol. The number of anilines is 1. The first-order valence-corrected chi connectivity index (χ1v) is 8.58. The SMILES string of the molecule is Cc1cccc(C)c1NC(=O)Cn1nc(C(F)F)c(Br)c1C1CC1. The fraction of sp³-hybridized carbons (Fsp3) is 0.412. The van der Waals surface area contributed by atoms with Crippen LogP contribution < -0.4 is 5.32 Å². The van der Waals surface area contributed by atoms with Crippen molar-refractivity contribution in [3.63, 3.8) is 0 Å². The number of alkyl halides is 2. The van der Waals surface area contributed by atoms with Crippen LogP contribution in [0.25, 0.3) is 0 Å². The Balaban J connectivity index is 1.83. The third-order valence-corrected chi connectivity index (χ3v) is 4.98. The molecule has 2 aromatic rings. The minimum absolute atomic E-state index is 0.0784. The molecule has 1 fully saturated rings. The van der Waals surface area contributed by atoms with Crippen LogP contribution in [-0.2, 0) is 11.3 Å². The molecule has 4 nitrogen and oxygen atoms in total. The number of carbonyl (C=O) groups is 1. The summed E-state index contributed by atoms with van der Waals surface area (Å²) < 4.78 is 27.9. The Hall–Kier alpha value is -1.76. The first-order valence-electron chi connectivity index (χ1n) is 7.78. The van der Waals surface area contributed by atoms with Crippen LogP contribution >= 0.6 is 15.9 Å². The molecule has 0 radical (unpaired) electrons. The Morgan fingerprint density at radius 1 is 1.38 bits per heavy atom. The maximum absolute atomic E-state index is 13.1. The van der Waals surface area contributed by atoms with E-state index in [0.717, 1.165) is 29.7 Å². The maximum Gasteiger partial charge on any atom is 0.283 e. The number of nitrogens with one attached hydrogen (secondary N) is 1. The summed E-state index contributed by atoms with van der Waals surface area (Å²) >= 11 is 3.23. The molecule has 128 valence electrons. The average Bonchev–Trinajstić information content (AvgIpc) is 3.28.